The van der Waals surface area contributed by atoms with Crippen LogP contribution >= 0.6 is 23.1 Å². The molecule has 174 valence electrons. The molecule has 0 spiro atoms. The van der Waals surface area contributed by atoms with E-state index in [-0.39, 0.29) is 35.2 Å². The number of carbonyl (C=O) groups is 1. The first-order valence-electron chi connectivity index (χ1n) is 10.8. The lowest BCUT2D eigenvalue weighted by Gasteiger charge is -2.34. The van der Waals surface area contributed by atoms with Gasteiger partial charge in [0.05, 0.1) is 24.4 Å². The summed E-state index contributed by atoms with van der Waals surface area (Å²) in [4.78, 5) is 15.0. The van der Waals surface area contributed by atoms with Gasteiger partial charge in [-0.3, -0.25) is 4.79 Å². The zero-order valence-electron chi connectivity index (χ0n) is 18.0. The molecule has 1 saturated heterocycles. The van der Waals surface area contributed by atoms with Gasteiger partial charge >= 0.3 is 0 Å². The number of sulfone groups is 1. The highest BCUT2D eigenvalue weighted by Crippen LogP contribution is 2.31. The van der Waals surface area contributed by atoms with Gasteiger partial charge in [-0.2, -0.15) is 0 Å². The standard InChI is InChI=1S/C21H28N4O4S3/c1-29-18-8-6-15(7-9-18)12-22-20-23-24-21(31-20)30-13-19(26)25(16-4-2-3-5-16)17-10-11-32(27,28)14-17/h6-9,16-17H,2-5,10-14H2,1H3,(H,22,23)/t17-/m0/s1. The van der Waals surface area contributed by atoms with Gasteiger partial charge in [0.2, 0.25) is 11.0 Å². The van der Waals surface area contributed by atoms with E-state index in [0.29, 0.717) is 18.1 Å². The highest BCUT2D eigenvalue weighted by molar-refractivity contribution is 8.01. The first kappa shape index (κ1) is 23.3. The van der Waals surface area contributed by atoms with E-state index in [4.69, 9.17) is 4.74 Å². The lowest BCUT2D eigenvalue weighted by molar-refractivity contribution is -0.132. The van der Waals surface area contributed by atoms with Gasteiger partial charge in [0, 0.05) is 18.6 Å². The van der Waals surface area contributed by atoms with E-state index in [2.05, 4.69) is 15.5 Å². The highest BCUT2D eigenvalue weighted by Gasteiger charge is 2.38. The molecule has 1 N–H and O–H groups in total. The average Bonchev–Trinajstić information content (AvgIpc) is 3.53. The predicted octanol–water partition coefficient (Wildman–Crippen LogP) is 3.21. The summed E-state index contributed by atoms with van der Waals surface area (Å²) in [6, 6.07) is 7.78. The summed E-state index contributed by atoms with van der Waals surface area (Å²) in [5.41, 5.74) is 1.10. The quantitative estimate of drug-likeness (QED) is 0.528. The van der Waals surface area contributed by atoms with Crippen molar-refractivity contribution in [2.45, 2.75) is 55.1 Å². The molecule has 1 aromatic heterocycles. The number of hydrogen-bond acceptors (Lipinski definition) is 9. The number of carbonyl (C=O) groups excluding carboxylic acids is 1. The second-order valence-corrected chi connectivity index (χ2v) is 12.6. The summed E-state index contributed by atoms with van der Waals surface area (Å²) >= 11 is 2.79. The third kappa shape index (κ3) is 5.93. The van der Waals surface area contributed by atoms with Crippen molar-refractivity contribution in [3.05, 3.63) is 29.8 Å². The molecule has 0 bridgehead atoms. The molecule has 0 unspecified atom stereocenters. The number of benzene rings is 1. The minimum atomic E-state index is -3.04. The number of methoxy groups -OCH3 is 1. The van der Waals surface area contributed by atoms with Gasteiger partial charge in [-0.1, -0.05) is 48.1 Å². The summed E-state index contributed by atoms with van der Waals surface area (Å²) in [6.07, 6.45) is 4.67. The zero-order valence-corrected chi connectivity index (χ0v) is 20.5. The van der Waals surface area contributed by atoms with Gasteiger partial charge in [0.15, 0.2) is 14.2 Å². The summed E-state index contributed by atoms with van der Waals surface area (Å²) in [5, 5.41) is 12.3. The Labute approximate surface area is 197 Å². The van der Waals surface area contributed by atoms with Gasteiger partial charge in [-0.05, 0) is 37.0 Å². The molecule has 2 aliphatic rings. The summed E-state index contributed by atoms with van der Waals surface area (Å²) in [5.74, 6) is 1.35. The number of rotatable bonds is 9. The lowest BCUT2D eigenvalue weighted by atomic mass is 10.1. The van der Waals surface area contributed by atoms with E-state index in [1.165, 1.54) is 23.1 Å². The minimum Gasteiger partial charge on any atom is -0.497 e. The predicted molar refractivity (Wildman–Crippen MR) is 127 cm³/mol. The maximum atomic E-state index is 13.1. The third-order valence-electron chi connectivity index (χ3n) is 5.94. The fraction of sp³-hybridized carbons (Fsp3) is 0.571. The van der Waals surface area contributed by atoms with Crippen molar-refractivity contribution in [2.75, 3.05) is 29.7 Å². The molecule has 2 aromatic rings. The Morgan fingerprint density at radius 3 is 2.59 bits per heavy atom. The fourth-order valence-corrected chi connectivity index (χ4v) is 7.67. The first-order valence-corrected chi connectivity index (χ1v) is 14.4. The van der Waals surface area contributed by atoms with Crippen molar-refractivity contribution in [3.8, 4) is 5.75 Å². The number of anilines is 1. The molecule has 32 heavy (non-hydrogen) atoms. The van der Waals surface area contributed by atoms with E-state index < -0.39 is 9.84 Å². The van der Waals surface area contributed by atoms with Gasteiger partial charge < -0.3 is 15.0 Å². The Hall–Kier alpha value is -1.85. The average molecular weight is 497 g/mol. The molecular weight excluding hydrogens is 468 g/mol. The second kappa shape index (κ2) is 10.4. The molecular formula is C21H28N4O4S3. The minimum absolute atomic E-state index is 0.00643. The number of aromatic nitrogens is 2. The monoisotopic (exact) mass is 496 g/mol. The van der Waals surface area contributed by atoms with Crippen molar-refractivity contribution in [1.29, 1.82) is 0 Å². The van der Waals surface area contributed by atoms with Crippen LogP contribution in [-0.2, 0) is 21.2 Å². The van der Waals surface area contributed by atoms with Crippen LogP contribution in [0, 0.1) is 0 Å². The third-order valence-corrected chi connectivity index (χ3v) is 9.69. The molecule has 2 heterocycles. The maximum absolute atomic E-state index is 13.1. The lowest BCUT2D eigenvalue weighted by Crippen LogP contribution is -2.47. The van der Waals surface area contributed by atoms with Crippen molar-refractivity contribution in [1.82, 2.24) is 15.1 Å². The maximum Gasteiger partial charge on any atom is 0.233 e. The van der Waals surface area contributed by atoms with Crippen molar-refractivity contribution in [3.63, 3.8) is 0 Å². The zero-order chi connectivity index (χ0) is 22.6. The number of amides is 1. The summed E-state index contributed by atoms with van der Waals surface area (Å²) in [7, 11) is -1.40. The normalized spacial score (nSPS) is 20.3. The number of nitrogens with one attached hydrogen (secondary N) is 1. The molecule has 1 aliphatic carbocycles. The van der Waals surface area contributed by atoms with Gasteiger partial charge in [0.1, 0.15) is 5.75 Å². The van der Waals surface area contributed by atoms with E-state index in [1.54, 1.807) is 7.11 Å². The first-order chi connectivity index (χ1) is 15.4. The van der Waals surface area contributed by atoms with Gasteiger partial charge in [0.25, 0.3) is 0 Å². The van der Waals surface area contributed by atoms with E-state index in [1.807, 2.05) is 29.2 Å². The number of ether oxygens (including phenoxy) is 1. The molecule has 1 atom stereocenters. The summed E-state index contributed by atoms with van der Waals surface area (Å²) < 4.78 is 29.9. The van der Waals surface area contributed by atoms with Crippen molar-refractivity contribution >= 4 is 44.0 Å². The molecule has 1 aromatic carbocycles. The Balaban J connectivity index is 1.31. The molecule has 11 heteroatoms. The van der Waals surface area contributed by atoms with E-state index in [0.717, 1.165) is 41.3 Å². The second-order valence-electron chi connectivity index (χ2n) is 8.16. The number of nitrogens with zero attached hydrogens (tertiary/aromatic N) is 3. The van der Waals surface area contributed by atoms with Crippen LogP contribution in [0.25, 0.3) is 0 Å². The molecule has 8 nitrogen and oxygen atoms in total. The molecule has 4 rings (SSSR count). The van der Waals surface area contributed by atoms with Crippen LogP contribution in [0.2, 0.25) is 0 Å². The molecule has 1 aliphatic heterocycles. The van der Waals surface area contributed by atoms with Crippen LogP contribution in [-0.4, -0.2) is 65.9 Å². The van der Waals surface area contributed by atoms with E-state index in [9.17, 15) is 13.2 Å². The Bertz CT molecular complexity index is 1020. The van der Waals surface area contributed by atoms with Crippen LogP contribution in [0.4, 0.5) is 5.13 Å². The number of thioether (sulfide) groups is 1. The Morgan fingerprint density at radius 1 is 1.19 bits per heavy atom. The Morgan fingerprint density at radius 2 is 1.94 bits per heavy atom. The smallest absolute Gasteiger partial charge is 0.233 e. The van der Waals surface area contributed by atoms with Gasteiger partial charge in [-0.25, -0.2) is 8.42 Å². The topological polar surface area (TPSA) is 101 Å². The molecule has 0 radical (unpaired) electrons. The van der Waals surface area contributed by atoms with Crippen LogP contribution < -0.4 is 10.1 Å². The molecule has 1 amide bonds. The van der Waals surface area contributed by atoms with Crippen LogP contribution in [0.5, 0.6) is 5.75 Å². The van der Waals surface area contributed by atoms with Crippen LogP contribution in [0.3, 0.4) is 0 Å². The number of hydrogen-bond donors (Lipinski definition) is 1. The van der Waals surface area contributed by atoms with Crippen molar-refractivity contribution in [2.24, 2.45) is 0 Å². The largest absolute Gasteiger partial charge is 0.497 e. The van der Waals surface area contributed by atoms with E-state index >= 15 is 0 Å². The fourth-order valence-electron chi connectivity index (χ4n) is 4.34. The highest BCUT2D eigenvalue weighted by atomic mass is 32.2. The van der Waals surface area contributed by atoms with Crippen LogP contribution in [0.15, 0.2) is 28.6 Å². The van der Waals surface area contributed by atoms with Crippen molar-refractivity contribution < 1.29 is 17.9 Å². The SMILES string of the molecule is COc1ccc(CNc2nnc(SCC(=O)N(C3CCCC3)[C@H]3CCS(=O)(=O)C3)s2)cc1. The van der Waals surface area contributed by atoms with Crippen LogP contribution in [0.1, 0.15) is 37.7 Å². The molecule has 2 fully saturated rings. The van der Waals surface area contributed by atoms with Gasteiger partial charge in [-0.15, -0.1) is 10.2 Å². The Kier molecular flexibility index (Phi) is 7.57. The molecule has 1 saturated carbocycles. The summed E-state index contributed by atoms with van der Waals surface area (Å²) in [6.45, 7) is 0.619.